The first-order chi connectivity index (χ1) is 10.8. The van der Waals surface area contributed by atoms with Crippen molar-refractivity contribution in [1.29, 1.82) is 0 Å². The highest BCUT2D eigenvalue weighted by molar-refractivity contribution is 5.35. The Morgan fingerprint density at radius 1 is 1.09 bits per heavy atom. The van der Waals surface area contributed by atoms with Crippen LogP contribution in [0.5, 0.6) is 0 Å². The van der Waals surface area contributed by atoms with Gasteiger partial charge in [0.2, 0.25) is 0 Å². The summed E-state index contributed by atoms with van der Waals surface area (Å²) in [5, 5.41) is 3.14. The SMILES string of the molecule is Fc1cccnc1NCC1CCN(Cc2ccccc2)CC1. The highest BCUT2D eigenvalue weighted by Gasteiger charge is 2.19. The molecule has 22 heavy (non-hydrogen) atoms. The molecule has 1 aromatic carbocycles. The second kappa shape index (κ2) is 7.36. The third-order valence-corrected chi connectivity index (χ3v) is 4.27. The van der Waals surface area contributed by atoms with Crippen LogP contribution < -0.4 is 5.32 Å². The van der Waals surface area contributed by atoms with E-state index < -0.39 is 0 Å². The molecule has 1 fully saturated rings. The van der Waals surface area contributed by atoms with Gasteiger partial charge in [-0.3, -0.25) is 4.90 Å². The maximum absolute atomic E-state index is 13.5. The van der Waals surface area contributed by atoms with Crippen LogP contribution in [0.15, 0.2) is 48.7 Å². The van der Waals surface area contributed by atoms with Gasteiger partial charge in [0.1, 0.15) is 0 Å². The summed E-state index contributed by atoms with van der Waals surface area (Å²) < 4.78 is 13.5. The molecular formula is C18H22FN3. The lowest BCUT2D eigenvalue weighted by Gasteiger charge is -2.32. The molecule has 1 aromatic heterocycles. The Hall–Kier alpha value is -1.94. The van der Waals surface area contributed by atoms with Crippen LogP contribution >= 0.6 is 0 Å². The minimum Gasteiger partial charge on any atom is -0.367 e. The van der Waals surface area contributed by atoms with Crippen LogP contribution in [0.4, 0.5) is 10.2 Å². The number of piperidine rings is 1. The van der Waals surface area contributed by atoms with Crippen molar-refractivity contribution in [3.63, 3.8) is 0 Å². The summed E-state index contributed by atoms with van der Waals surface area (Å²) in [5.41, 5.74) is 1.37. The lowest BCUT2D eigenvalue weighted by atomic mass is 9.96. The van der Waals surface area contributed by atoms with Gasteiger partial charge in [-0.2, -0.15) is 0 Å². The fourth-order valence-corrected chi connectivity index (χ4v) is 2.95. The maximum atomic E-state index is 13.5. The molecule has 0 saturated carbocycles. The van der Waals surface area contributed by atoms with E-state index in [1.54, 1.807) is 12.3 Å². The Bertz CT molecular complexity index is 580. The minimum absolute atomic E-state index is 0.274. The quantitative estimate of drug-likeness (QED) is 0.915. The van der Waals surface area contributed by atoms with E-state index in [1.807, 2.05) is 0 Å². The lowest BCUT2D eigenvalue weighted by Crippen LogP contribution is -2.35. The first-order valence-electron chi connectivity index (χ1n) is 7.92. The monoisotopic (exact) mass is 299 g/mol. The Balaban J connectivity index is 1.43. The molecule has 0 spiro atoms. The molecule has 116 valence electrons. The summed E-state index contributed by atoms with van der Waals surface area (Å²) in [4.78, 5) is 6.53. The zero-order valence-electron chi connectivity index (χ0n) is 12.7. The molecule has 1 aliphatic heterocycles. The molecule has 0 aliphatic carbocycles. The number of pyridine rings is 1. The number of halogens is 1. The van der Waals surface area contributed by atoms with Crippen molar-refractivity contribution in [3.05, 3.63) is 60.0 Å². The third kappa shape index (κ3) is 4.04. The minimum atomic E-state index is -0.274. The van der Waals surface area contributed by atoms with Crippen molar-refractivity contribution >= 4 is 5.82 Å². The normalized spacial score (nSPS) is 16.6. The van der Waals surface area contributed by atoms with Crippen molar-refractivity contribution in [1.82, 2.24) is 9.88 Å². The standard InChI is InChI=1S/C18H22FN3/c19-17-7-4-10-20-18(17)21-13-15-8-11-22(12-9-15)14-16-5-2-1-3-6-16/h1-7,10,15H,8-9,11-14H2,(H,20,21). The Kier molecular flexibility index (Phi) is 5.01. The van der Waals surface area contributed by atoms with E-state index in [4.69, 9.17) is 0 Å². The number of benzene rings is 1. The number of nitrogens with one attached hydrogen (secondary N) is 1. The van der Waals surface area contributed by atoms with Crippen LogP contribution in [-0.2, 0) is 6.54 Å². The number of likely N-dealkylation sites (tertiary alicyclic amines) is 1. The zero-order chi connectivity index (χ0) is 15.2. The largest absolute Gasteiger partial charge is 0.367 e. The van der Waals surface area contributed by atoms with Gasteiger partial charge in [0.05, 0.1) is 0 Å². The number of nitrogens with zero attached hydrogens (tertiary/aromatic N) is 2. The van der Waals surface area contributed by atoms with E-state index >= 15 is 0 Å². The van der Waals surface area contributed by atoms with Gasteiger partial charge >= 0.3 is 0 Å². The fourth-order valence-electron chi connectivity index (χ4n) is 2.95. The van der Waals surface area contributed by atoms with Crippen LogP contribution in [-0.4, -0.2) is 29.5 Å². The van der Waals surface area contributed by atoms with E-state index in [-0.39, 0.29) is 5.82 Å². The Labute approximate surface area is 131 Å². The van der Waals surface area contributed by atoms with Gasteiger partial charge in [0.15, 0.2) is 11.6 Å². The predicted molar refractivity (Wildman–Crippen MR) is 87.1 cm³/mol. The van der Waals surface area contributed by atoms with Gasteiger partial charge < -0.3 is 5.32 Å². The lowest BCUT2D eigenvalue weighted by molar-refractivity contribution is 0.182. The first-order valence-corrected chi connectivity index (χ1v) is 7.92. The van der Waals surface area contributed by atoms with Crippen molar-refractivity contribution < 1.29 is 4.39 Å². The number of aromatic nitrogens is 1. The molecule has 0 amide bonds. The van der Waals surface area contributed by atoms with Crippen molar-refractivity contribution in [2.45, 2.75) is 19.4 Å². The van der Waals surface area contributed by atoms with E-state index in [2.05, 4.69) is 45.5 Å². The van der Waals surface area contributed by atoms with Crippen LogP contribution in [0.1, 0.15) is 18.4 Å². The second-order valence-electron chi connectivity index (χ2n) is 5.92. The fraction of sp³-hybridized carbons (Fsp3) is 0.389. The molecule has 2 heterocycles. The molecule has 1 N–H and O–H groups in total. The molecule has 1 saturated heterocycles. The maximum Gasteiger partial charge on any atom is 0.165 e. The predicted octanol–water partition coefficient (Wildman–Crippen LogP) is 3.54. The zero-order valence-corrected chi connectivity index (χ0v) is 12.7. The molecular weight excluding hydrogens is 277 g/mol. The summed E-state index contributed by atoms with van der Waals surface area (Å²) >= 11 is 0. The number of rotatable bonds is 5. The summed E-state index contributed by atoms with van der Waals surface area (Å²) in [6, 6.07) is 13.6. The molecule has 1 aliphatic rings. The summed E-state index contributed by atoms with van der Waals surface area (Å²) in [6.45, 7) is 4.03. The van der Waals surface area contributed by atoms with Crippen LogP contribution in [0.2, 0.25) is 0 Å². The van der Waals surface area contributed by atoms with Crippen molar-refractivity contribution in [2.75, 3.05) is 25.0 Å². The van der Waals surface area contributed by atoms with Gasteiger partial charge in [-0.05, 0) is 49.5 Å². The van der Waals surface area contributed by atoms with Gasteiger partial charge in [-0.15, -0.1) is 0 Å². The Morgan fingerprint density at radius 3 is 2.59 bits per heavy atom. The van der Waals surface area contributed by atoms with Crippen molar-refractivity contribution in [2.24, 2.45) is 5.92 Å². The summed E-state index contributed by atoms with van der Waals surface area (Å²) in [5.74, 6) is 0.687. The molecule has 4 heteroatoms. The number of anilines is 1. The van der Waals surface area contributed by atoms with Crippen LogP contribution in [0, 0.1) is 11.7 Å². The molecule has 0 atom stereocenters. The number of hydrogen-bond donors (Lipinski definition) is 1. The highest BCUT2D eigenvalue weighted by Crippen LogP contribution is 2.20. The van der Waals surface area contributed by atoms with Crippen molar-refractivity contribution in [3.8, 4) is 0 Å². The highest BCUT2D eigenvalue weighted by atomic mass is 19.1. The van der Waals surface area contributed by atoms with Gasteiger partial charge in [0, 0.05) is 19.3 Å². The van der Waals surface area contributed by atoms with E-state index in [0.717, 1.165) is 39.0 Å². The number of hydrogen-bond acceptors (Lipinski definition) is 3. The second-order valence-corrected chi connectivity index (χ2v) is 5.92. The van der Waals surface area contributed by atoms with Gasteiger partial charge in [-0.1, -0.05) is 30.3 Å². The van der Waals surface area contributed by atoms with Gasteiger partial charge in [0.25, 0.3) is 0 Å². The van der Waals surface area contributed by atoms with Crippen LogP contribution in [0.3, 0.4) is 0 Å². The van der Waals surface area contributed by atoms with E-state index in [0.29, 0.717) is 11.7 Å². The third-order valence-electron chi connectivity index (χ3n) is 4.27. The summed E-state index contributed by atoms with van der Waals surface area (Å²) in [7, 11) is 0. The average molecular weight is 299 g/mol. The smallest absolute Gasteiger partial charge is 0.165 e. The molecule has 0 radical (unpaired) electrons. The van der Waals surface area contributed by atoms with E-state index in [9.17, 15) is 4.39 Å². The molecule has 3 rings (SSSR count). The van der Waals surface area contributed by atoms with Gasteiger partial charge in [-0.25, -0.2) is 9.37 Å². The van der Waals surface area contributed by atoms with Crippen LogP contribution in [0.25, 0.3) is 0 Å². The molecule has 2 aromatic rings. The van der Waals surface area contributed by atoms with E-state index in [1.165, 1.54) is 11.6 Å². The average Bonchev–Trinajstić information content (AvgIpc) is 2.56. The first kappa shape index (κ1) is 15.0. The Morgan fingerprint density at radius 2 is 1.86 bits per heavy atom. The summed E-state index contributed by atoms with van der Waals surface area (Å²) in [6.07, 6.45) is 3.91. The molecule has 0 bridgehead atoms. The topological polar surface area (TPSA) is 28.2 Å². The molecule has 3 nitrogen and oxygen atoms in total. The molecule has 0 unspecified atom stereocenters.